The summed E-state index contributed by atoms with van der Waals surface area (Å²) >= 11 is 0. The van der Waals surface area contributed by atoms with Crippen LogP contribution in [0.5, 0.6) is 0 Å². The van der Waals surface area contributed by atoms with Gasteiger partial charge in [-0.15, -0.1) is 0 Å². The summed E-state index contributed by atoms with van der Waals surface area (Å²) in [6.45, 7) is 1.26. The highest BCUT2D eigenvalue weighted by atomic mass is 16.3. The van der Waals surface area contributed by atoms with E-state index in [1.165, 1.54) is 13.0 Å². The van der Waals surface area contributed by atoms with Crippen molar-refractivity contribution in [3.05, 3.63) is 24.3 Å². The Hall–Kier alpha value is -0.930. The fourth-order valence-corrected chi connectivity index (χ4v) is 1.79. The third-order valence-electron chi connectivity index (χ3n) is 2.73. The third kappa shape index (κ3) is 5.80. The molecule has 0 saturated heterocycles. The van der Waals surface area contributed by atoms with Crippen LogP contribution in [-0.4, -0.2) is 42.0 Å². The van der Waals surface area contributed by atoms with Crippen molar-refractivity contribution in [2.75, 3.05) is 14.1 Å². The number of ketones is 1. The topological polar surface area (TPSA) is 40.5 Å². The number of aliphatic hydroxyl groups is 1. The van der Waals surface area contributed by atoms with E-state index in [1.54, 1.807) is 31.1 Å². The number of rotatable bonds is 7. The summed E-state index contributed by atoms with van der Waals surface area (Å²) in [5, 5.41) is 10.2. The number of allylic oxidation sites excluding steroid dienone is 4. The Balaban J connectivity index is 4.46. The predicted octanol–water partition coefficient (Wildman–Crippen LogP) is 2.02. The Kier molecular flexibility index (Phi) is 5.39. The molecule has 0 saturated carbocycles. The summed E-state index contributed by atoms with van der Waals surface area (Å²) in [6, 6.07) is -0.517. The number of likely N-dealkylation sites (N-methyl/N-ethyl adjacent to an activating group) is 1. The van der Waals surface area contributed by atoms with Crippen LogP contribution in [0.1, 0.15) is 31.2 Å². The van der Waals surface area contributed by atoms with E-state index >= 15 is 0 Å². The number of nitrogens with zero attached hydrogens (tertiary/aromatic N) is 1. The van der Waals surface area contributed by atoms with E-state index in [-0.39, 0.29) is 11.7 Å². The second-order valence-corrected chi connectivity index (χ2v) is 4.51. The van der Waals surface area contributed by atoms with Crippen molar-refractivity contribution in [2.45, 2.75) is 39.3 Å². The molecule has 0 aliphatic heterocycles. The molecule has 0 heterocycles. The number of Topliss-reactive ketones (excluding diaryl/α,β-unsaturated/α-hetero) is 1. The fourth-order valence-electron chi connectivity index (χ4n) is 1.79. The minimum Gasteiger partial charge on any atom is -0.391 e. The monoisotopic (exact) mass is 242 g/mol. The van der Waals surface area contributed by atoms with Gasteiger partial charge in [-0.05, 0) is 40.2 Å². The Bertz CT molecular complexity index is 362. The first-order chi connectivity index (χ1) is 9.06. The summed E-state index contributed by atoms with van der Waals surface area (Å²) in [4.78, 5) is 13.2. The van der Waals surface area contributed by atoms with Crippen molar-refractivity contribution in [3.8, 4) is 0 Å². The molecule has 0 bridgehead atoms. The van der Waals surface area contributed by atoms with Gasteiger partial charge in [-0.2, -0.15) is 0 Å². The highest BCUT2D eigenvalue weighted by Crippen LogP contribution is 2.16. The molecule has 0 rings (SSSR count). The van der Waals surface area contributed by atoms with E-state index in [4.69, 9.17) is 4.11 Å². The molecule has 0 aliphatic rings. The first-order valence-electron chi connectivity index (χ1n) is 7.25. The van der Waals surface area contributed by atoms with Crippen molar-refractivity contribution in [1.82, 2.24) is 4.90 Å². The number of hydrogen-bond donors (Lipinski definition) is 1. The molecule has 3 nitrogen and oxygen atoms in total. The molecule has 0 aromatic carbocycles. The van der Waals surface area contributed by atoms with Gasteiger partial charge in [0.15, 0.2) is 0 Å². The van der Waals surface area contributed by atoms with Crippen LogP contribution in [0.15, 0.2) is 24.3 Å². The zero-order chi connectivity index (χ0) is 15.9. The van der Waals surface area contributed by atoms with Crippen molar-refractivity contribution in [2.24, 2.45) is 5.92 Å². The zero-order valence-corrected chi connectivity index (χ0v) is 11.1. The first-order valence-corrected chi connectivity index (χ1v) is 5.75. The normalized spacial score (nSPS) is 21.2. The van der Waals surface area contributed by atoms with E-state index in [0.717, 1.165) is 6.08 Å². The Morgan fingerprint density at radius 3 is 2.59 bits per heavy atom. The van der Waals surface area contributed by atoms with E-state index in [0.29, 0.717) is 6.42 Å². The van der Waals surface area contributed by atoms with Gasteiger partial charge < -0.3 is 5.11 Å². The zero-order valence-electron chi connectivity index (χ0n) is 14.1. The lowest BCUT2D eigenvalue weighted by Crippen LogP contribution is -2.47. The van der Waals surface area contributed by atoms with Crippen LogP contribution in [0.4, 0.5) is 0 Å². The van der Waals surface area contributed by atoms with Gasteiger partial charge >= 0.3 is 0 Å². The maximum absolute atomic E-state index is 11.5. The van der Waals surface area contributed by atoms with Gasteiger partial charge in [-0.3, -0.25) is 9.69 Å². The second-order valence-electron chi connectivity index (χ2n) is 4.51. The lowest BCUT2D eigenvalue weighted by Gasteiger charge is -2.30. The Labute approximate surface area is 109 Å². The number of hydrogen-bond acceptors (Lipinski definition) is 3. The molecule has 3 atom stereocenters. The van der Waals surface area contributed by atoms with Gasteiger partial charge in [-0.25, -0.2) is 0 Å². The molecular weight excluding hydrogens is 214 g/mol. The molecule has 0 aliphatic carbocycles. The number of aliphatic hydroxyl groups excluding tert-OH is 1. The summed E-state index contributed by atoms with van der Waals surface area (Å²) in [7, 11) is 3.52. The van der Waals surface area contributed by atoms with E-state index in [2.05, 4.69) is 0 Å². The third-order valence-corrected chi connectivity index (χ3v) is 2.73. The predicted molar refractivity (Wildman–Crippen MR) is 71.9 cm³/mol. The maximum atomic E-state index is 11.5. The van der Waals surface area contributed by atoms with E-state index in [1.807, 2.05) is 6.92 Å². The van der Waals surface area contributed by atoms with Gasteiger partial charge in [0, 0.05) is 4.11 Å². The Morgan fingerprint density at radius 1 is 1.47 bits per heavy atom. The fraction of sp³-hybridized carbons (Fsp3) is 0.643. The largest absolute Gasteiger partial charge is 0.391 e. The first kappa shape index (κ1) is 11.2. The minimum atomic E-state index is -2.07. The lowest BCUT2D eigenvalue weighted by molar-refractivity contribution is -0.126. The van der Waals surface area contributed by atoms with Gasteiger partial charge in [0.05, 0.1) is 12.1 Å². The van der Waals surface area contributed by atoms with Crippen LogP contribution in [0.2, 0.25) is 0 Å². The molecule has 98 valence electrons. The van der Waals surface area contributed by atoms with Crippen molar-refractivity contribution >= 4 is 5.78 Å². The van der Waals surface area contributed by atoms with Crippen LogP contribution >= 0.6 is 0 Å². The standard InChI is InChI=1S/C14H25NO2/c1-6-7-8-9-10-11(2)14(17)13(12(3)16)15(4)5/h6-9,11,13-14,17H,10H2,1-5H3/t11-,13-,14-/m1/s1/i1D3. The molecule has 0 fully saturated rings. The smallest absolute Gasteiger partial charge is 0.149 e. The van der Waals surface area contributed by atoms with Gasteiger partial charge in [0.25, 0.3) is 0 Å². The maximum Gasteiger partial charge on any atom is 0.149 e. The highest BCUT2D eigenvalue weighted by Gasteiger charge is 2.29. The number of carbonyl (C=O) groups excluding carboxylic acids is 1. The Morgan fingerprint density at radius 2 is 2.12 bits per heavy atom. The van der Waals surface area contributed by atoms with Crippen LogP contribution in [-0.2, 0) is 4.79 Å². The molecule has 0 aromatic heterocycles. The highest BCUT2D eigenvalue weighted by molar-refractivity contribution is 5.82. The van der Waals surface area contributed by atoms with E-state index < -0.39 is 19.0 Å². The van der Waals surface area contributed by atoms with Crippen LogP contribution in [0.25, 0.3) is 0 Å². The van der Waals surface area contributed by atoms with Crippen molar-refractivity contribution < 1.29 is 14.0 Å². The van der Waals surface area contributed by atoms with Crippen LogP contribution in [0, 0.1) is 5.92 Å². The molecule has 0 radical (unpaired) electrons. The summed E-state index contributed by atoms with van der Waals surface area (Å²) in [6.07, 6.45) is 5.88. The average Bonchev–Trinajstić information content (AvgIpc) is 2.25. The van der Waals surface area contributed by atoms with Gasteiger partial charge in [0.1, 0.15) is 5.78 Å². The molecule has 0 amide bonds. The average molecular weight is 242 g/mol. The summed E-state index contributed by atoms with van der Waals surface area (Å²) in [5.74, 6) is -0.163. The van der Waals surface area contributed by atoms with E-state index in [9.17, 15) is 9.90 Å². The van der Waals surface area contributed by atoms with Crippen LogP contribution in [0.3, 0.4) is 0 Å². The molecular formula is C14H25NO2. The quantitative estimate of drug-likeness (QED) is 0.694. The van der Waals surface area contributed by atoms with Crippen LogP contribution < -0.4 is 0 Å². The molecule has 0 spiro atoms. The molecule has 1 N–H and O–H groups in total. The molecule has 3 heteroatoms. The summed E-state index contributed by atoms with van der Waals surface area (Å²) < 4.78 is 21.0. The van der Waals surface area contributed by atoms with Crippen molar-refractivity contribution in [1.29, 1.82) is 0 Å². The molecule has 0 unspecified atom stereocenters. The molecule has 17 heavy (non-hydrogen) atoms. The molecule has 0 aromatic rings. The van der Waals surface area contributed by atoms with Crippen molar-refractivity contribution in [3.63, 3.8) is 0 Å². The van der Waals surface area contributed by atoms with Gasteiger partial charge in [0.2, 0.25) is 0 Å². The lowest BCUT2D eigenvalue weighted by atomic mass is 9.92. The second kappa shape index (κ2) is 8.20. The SMILES string of the molecule is [2H]C([2H])([2H])C=CC=CC[C@@H](C)[C@@H](O)[C@@H](C(C)=O)N(C)C. The summed E-state index contributed by atoms with van der Waals surface area (Å²) in [5.41, 5.74) is 0. The minimum absolute atomic E-state index is 0.0689. The van der Waals surface area contributed by atoms with Gasteiger partial charge in [-0.1, -0.05) is 31.2 Å². The number of carbonyl (C=O) groups is 1.